The van der Waals surface area contributed by atoms with E-state index in [0.29, 0.717) is 11.7 Å². The highest BCUT2D eigenvalue weighted by molar-refractivity contribution is 5.05. The number of methoxy groups -OCH3 is 1. The molecule has 0 radical (unpaired) electrons. The Hall–Kier alpha value is -0.940. The van der Waals surface area contributed by atoms with Crippen molar-refractivity contribution in [3.8, 4) is 0 Å². The summed E-state index contributed by atoms with van der Waals surface area (Å²) in [7, 11) is 1.74. The lowest BCUT2D eigenvalue weighted by molar-refractivity contribution is -0.0365. The molecule has 1 atom stereocenters. The Morgan fingerprint density at radius 1 is 1.20 bits per heavy atom. The van der Waals surface area contributed by atoms with Gasteiger partial charge in [-0.25, -0.2) is 0 Å². The Balaban J connectivity index is 2.25. The smallest absolute Gasteiger partial charge is 0.244 e. The molecule has 0 unspecified atom stereocenters. The Bertz CT molecular complexity index is 429. The van der Waals surface area contributed by atoms with Crippen LogP contribution >= 0.6 is 0 Å². The van der Waals surface area contributed by atoms with E-state index in [2.05, 4.69) is 30.9 Å². The Kier molecular flexibility index (Phi) is 4.49. The third kappa shape index (κ3) is 3.04. The molecule has 1 fully saturated rings. The normalized spacial score (nSPS) is 21.4. The predicted octanol–water partition coefficient (Wildman–Crippen LogP) is 3.31. The molecule has 2 N–H and O–H groups in total. The van der Waals surface area contributed by atoms with Crippen LogP contribution in [0, 0.1) is 5.41 Å². The minimum absolute atomic E-state index is 0.104. The number of hydrogen-bond acceptors (Lipinski definition) is 5. The van der Waals surface area contributed by atoms with E-state index in [4.69, 9.17) is 15.0 Å². The van der Waals surface area contributed by atoms with Gasteiger partial charge in [-0.2, -0.15) is 4.98 Å². The van der Waals surface area contributed by atoms with Crippen molar-refractivity contribution >= 4 is 0 Å². The molecule has 114 valence electrons. The number of nitrogens with zero attached hydrogens (tertiary/aromatic N) is 2. The fraction of sp³-hybridized carbons (Fsp3) is 0.867. The Labute approximate surface area is 121 Å². The van der Waals surface area contributed by atoms with E-state index < -0.39 is 5.60 Å². The predicted molar refractivity (Wildman–Crippen MR) is 77.1 cm³/mol. The van der Waals surface area contributed by atoms with E-state index in [-0.39, 0.29) is 11.5 Å². The first-order valence-electron chi connectivity index (χ1n) is 7.54. The minimum atomic E-state index is -0.393. The number of aromatic nitrogens is 2. The van der Waals surface area contributed by atoms with Crippen LogP contribution < -0.4 is 5.73 Å². The quantitative estimate of drug-likeness (QED) is 0.860. The van der Waals surface area contributed by atoms with Crippen LogP contribution in [-0.2, 0) is 10.3 Å². The largest absolute Gasteiger partial charge is 0.370 e. The van der Waals surface area contributed by atoms with Gasteiger partial charge in [0, 0.05) is 7.11 Å². The molecule has 5 nitrogen and oxygen atoms in total. The zero-order valence-corrected chi connectivity index (χ0v) is 13.1. The SMILES string of the molecule is COC1(c2noc([C@@H](N)C(C)(C)C)n2)CCCCCC1. The summed E-state index contributed by atoms with van der Waals surface area (Å²) < 4.78 is 11.2. The summed E-state index contributed by atoms with van der Waals surface area (Å²) in [6.45, 7) is 6.21. The average molecular weight is 281 g/mol. The number of ether oxygens (including phenoxy) is 1. The van der Waals surface area contributed by atoms with E-state index in [0.717, 1.165) is 25.7 Å². The highest BCUT2D eigenvalue weighted by atomic mass is 16.5. The lowest BCUT2D eigenvalue weighted by atomic mass is 9.87. The maximum absolute atomic E-state index is 6.19. The second kappa shape index (κ2) is 5.82. The van der Waals surface area contributed by atoms with E-state index in [1.807, 2.05) is 0 Å². The Morgan fingerprint density at radius 3 is 2.30 bits per heavy atom. The first-order chi connectivity index (χ1) is 9.39. The zero-order valence-electron chi connectivity index (χ0n) is 13.1. The van der Waals surface area contributed by atoms with Crippen molar-refractivity contribution in [2.45, 2.75) is 70.9 Å². The summed E-state index contributed by atoms with van der Waals surface area (Å²) in [5.74, 6) is 1.17. The fourth-order valence-electron chi connectivity index (χ4n) is 2.74. The lowest BCUT2D eigenvalue weighted by Crippen LogP contribution is -2.30. The third-order valence-electron chi connectivity index (χ3n) is 4.35. The maximum Gasteiger partial charge on any atom is 0.244 e. The van der Waals surface area contributed by atoms with Crippen molar-refractivity contribution in [3.63, 3.8) is 0 Å². The van der Waals surface area contributed by atoms with Gasteiger partial charge in [0.1, 0.15) is 5.60 Å². The molecule has 1 saturated carbocycles. The van der Waals surface area contributed by atoms with E-state index in [1.54, 1.807) is 7.11 Å². The molecule has 1 aliphatic carbocycles. The first kappa shape index (κ1) is 15.4. The molecule has 0 aliphatic heterocycles. The van der Waals surface area contributed by atoms with Crippen molar-refractivity contribution in [3.05, 3.63) is 11.7 Å². The molecule has 0 spiro atoms. The molecule has 1 heterocycles. The van der Waals surface area contributed by atoms with Gasteiger partial charge in [-0.05, 0) is 18.3 Å². The van der Waals surface area contributed by atoms with Crippen molar-refractivity contribution in [2.24, 2.45) is 11.1 Å². The van der Waals surface area contributed by atoms with Gasteiger partial charge in [0.2, 0.25) is 11.7 Å². The number of rotatable bonds is 3. The summed E-state index contributed by atoms with van der Waals surface area (Å²) in [4.78, 5) is 4.56. The van der Waals surface area contributed by atoms with Gasteiger partial charge in [-0.1, -0.05) is 51.6 Å². The highest BCUT2D eigenvalue weighted by Gasteiger charge is 2.39. The molecule has 0 bridgehead atoms. The van der Waals surface area contributed by atoms with Gasteiger partial charge in [0.15, 0.2) is 0 Å². The maximum atomic E-state index is 6.19. The molecule has 2 rings (SSSR count). The van der Waals surface area contributed by atoms with Crippen LogP contribution in [0.4, 0.5) is 0 Å². The van der Waals surface area contributed by atoms with Gasteiger partial charge in [0.05, 0.1) is 6.04 Å². The third-order valence-corrected chi connectivity index (χ3v) is 4.35. The summed E-state index contributed by atoms with van der Waals surface area (Å²) in [6.07, 6.45) is 6.68. The molecule has 1 aromatic heterocycles. The van der Waals surface area contributed by atoms with E-state index in [1.165, 1.54) is 12.8 Å². The fourth-order valence-corrected chi connectivity index (χ4v) is 2.74. The van der Waals surface area contributed by atoms with Crippen LogP contribution in [0.2, 0.25) is 0 Å². The van der Waals surface area contributed by atoms with E-state index >= 15 is 0 Å². The van der Waals surface area contributed by atoms with Crippen molar-refractivity contribution in [1.82, 2.24) is 10.1 Å². The molecule has 1 aliphatic rings. The van der Waals surface area contributed by atoms with Crippen LogP contribution in [0.25, 0.3) is 0 Å². The van der Waals surface area contributed by atoms with E-state index in [9.17, 15) is 0 Å². The number of nitrogens with two attached hydrogens (primary N) is 1. The Morgan fingerprint density at radius 2 is 1.80 bits per heavy atom. The molecule has 0 saturated heterocycles. The first-order valence-corrected chi connectivity index (χ1v) is 7.54. The summed E-state index contributed by atoms with van der Waals surface area (Å²) in [5.41, 5.74) is 5.70. The summed E-state index contributed by atoms with van der Waals surface area (Å²) >= 11 is 0. The second-order valence-corrected chi connectivity index (χ2v) is 6.91. The molecule has 0 aromatic carbocycles. The van der Waals surface area contributed by atoms with Crippen LogP contribution in [0.1, 0.15) is 77.1 Å². The lowest BCUT2D eigenvalue weighted by Gasteiger charge is -2.27. The van der Waals surface area contributed by atoms with Crippen LogP contribution in [0.15, 0.2) is 4.52 Å². The van der Waals surface area contributed by atoms with Gasteiger partial charge in [-0.15, -0.1) is 0 Å². The molecular weight excluding hydrogens is 254 g/mol. The second-order valence-electron chi connectivity index (χ2n) is 6.91. The van der Waals surface area contributed by atoms with Gasteiger partial charge in [0.25, 0.3) is 0 Å². The minimum Gasteiger partial charge on any atom is -0.370 e. The molecular formula is C15H27N3O2. The highest BCUT2D eigenvalue weighted by Crippen LogP contribution is 2.38. The topological polar surface area (TPSA) is 74.2 Å². The van der Waals surface area contributed by atoms with Gasteiger partial charge < -0.3 is 15.0 Å². The van der Waals surface area contributed by atoms with Gasteiger partial charge in [-0.3, -0.25) is 0 Å². The average Bonchev–Trinajstić information content (AvgIpc) is 2.76. The monoisotopic (exact) mass is 281 g/mol. The summed E-state index contributed by atoms with van der Waals surface area (Å²) in [6, 6.07) is -0.261. The van der Waals surface area contributed by atoms with Crippen LogP contribution in [-0.4, -0.2) is 17.3 Å². The number of hydrogen-bond donors (Lipinski definition) is 1. The standard InChI is InChI=1S/C15H27N3O2/c1-14(2,3)11(16)12-17-13(18-20-12)15(19-4)9-7-5-6-8-10-15/h11H,5-10,16H2,1-4H3/t11-/m1/s1. The van der Waals surface area contributed by atoms with Crippen molar-refractivity contribution < 1.29 is 9.26 Å². The van der Waals surface area contributed by atoms with Crippen molar-refractivity contribution in [1.29, 1.82) is 0 Å². The van der Waals surface area contributed by atoms with Crippen LogP contribution in [0.3, 0.4) is 0 Å². The van der Waals surface area contributed by atoms with Crippen LogP contribution in [0.5, 0.6) is 0 Å². The zero-order chi connectivity index (χ0) is 14.8. The summed E-state index contributed by atoms with van der Waals surface area (Å²) in [5, 5.41) is 4.17. The van der Waals surface area contributed by atoms with Crippen molar-refractivity contribution in [2.75, 3.05) is 7.11 Å². The van der Waals surface area contributed by atoms with Gasteiger partial charge >= 0.3 is 0 Å². The molecule has 0 amide bonds. The molecule has 1 aromatic rings. The molecule has 20 heavy (non-hydrogen) atoms. The molecule has 5 heteroatoms.